The minimum atomic E-state index is -3.13. The number of fused-ring (bicyclic) bond motifs is 24. The van der Waals surface area contributed by atoms with Gasteiger partial charge in [0.25, 0.3) is 0 Å². The van der Waals surface area contributed by atoms with Crippen molar-refractivity contribution >= 4 is 207 Å². The van der Waals surface area contributed by atoms with Crippen molar-refractivity contribution in [1.82, 2.24) is 76.3 Å². The molecule has 0 spiro atoms. The summed E-state index contributed by atoms with van der Waals surface area (Å²) in [4.78, 5) is 55.3. The molecule has 20 heteroatoms. The zero-order valence-electron chi connectivity index (χ0n) is 72.9. The topological polar surface area (TPSA) is 149 Å². The van der Waals surface area contributed by atoms with Crippen LogP contribution < -0.4 is 20.7 Å². The molecule has 29 rings (SSSR count). The van der Waals surface area contributed by atoms with Gasteiger partial charge in [-0.1, -0.05) is 291 Å². The van der Waals surface area contributed by atoms with E-state index in [1.54, 1.807) is 0 Å². The summed E-state index contributed by atoms with van der Waals surface area (Å²) in [6.45, 7) is 0. The number of thiophene rings is 2. The number of hydrogen-bond acceptors (Lipinski definition) is 11. The summed E-state index contributed by atoms with van der Waals surface area (Å²) in [6, 6.07) is 158. The molecule has 0 saturated heterocycles. The van der Waals surface area contributed by atoms with Gasteiger partial charge in [-0.05, 0) is 177 Å². The lowest BCUT2D eigenvalue weighted by molar-refractivity contribution is 0.877. The first-order valence-corrected chi connectivity index (χ1v) is 51.0. The number of rotatable bonds is 15. The van der Waals surface area contributed by atoms with Crippen LogP contribution in [0.5, 0.6) is 0 Å². The van der Waals surface area contributed by atoms with Gasteiger partial charge in [0, 0.05) is 81.8 Å². The highest BCUT2D eigenvalue weighted by Crippen LogP contribution is 2.75. The van der Waals surface area contributed by atoms with Crippen molar-refractivity contribution < 1.29 is 0 Å². The Hall–Kier alpha value is -17.4. The molecule has 29 aromatic rings. The molecule has 0 radical (unpaired) electrons. The normalized spacial score (nSPS) is 12.5. The van der Waals surface area contributed by atoms with Crippen molar-refractivity contribution in [2.24, 2.45) is 0 Å². The Balaban J connectivity index is 0.594. The van der Waals surface area contributed by atoms with Crippen LogP contribution in [0, 0.1) is 0 Å². The van der Waals surface area contributed by atoms with Crippen LogP contribution in [0.2, 0.25) is 0 Å². The van der Waals surface area contributed by atoms with Gasteiger partial charge in [-0.25, -0.2) is 28.7 Å². The molecular formula is C117H72N16S3Si. The lowest BCUT2D eigenvalue weighted by Crippen LogP contribution is -2.74. The Morgan fingerprint density at radius 2 is 0.562 bits per heavy atom. The molecule has 11 heterocycles. The molecule has 137 heavy (non-hydrogen) atoms. The average molecular weight is 1830 g/mol. The molecule has 0 aliphatic heterocycles. The lowest BCUT2D eigenvalue weighted by atomic mass is 10.0. The largest absolute Gasteiger partial charge is 0.278 e. The van der Waals surface area contributed by atoms with Crippen molar-refractivity contribution in [2.75, 3.05) is 0 Å². The zero-order valence-corrected chi connectivity index (χ0v) is 76.4. The zero-order chi connectivity index (χ0) is 89.7. The lowest BCUT2D eigenvalue weighted by Gasteiger charge is -2.42. The van der Waals surface area contributed by atoms with Crippen molar-refractivity contribution in [3.05, 3.63) is 437 Å². The van der Waals surface area contributed by atoms with E-state index in [0.29, 0.717) is 52.8 Å². The molecule has 11 aromatic heterocycles. The van der Waals surface area contributed by atoms with Crippen LogP contribution in [-0.2, 0) is 0 Å². The second kappa shape index (κ2) is 30.1. The first kappa shape index (κ1) is 77.2. The Bertz CT molecular complexity index is 9950. The fourth-order valence-corrected chi connectivity index (χ4v) is 33.7. The Morgan fingerprint density at radius 3 is 1.08 bits per heavy atom. The van der Waals surface area contributed by atoms with Gasteiger partial charge in [-0.2, -0.15) is 29.9 Å². The Labute approximate surface area is 791 Å². The summed E-state index contributed by atoms with van der Waals surface area (Å²) >= 11 is 3.76. The quantitative estimate of drug-likeness (QED) is 0.0722. The second-order valence-corrected chi connectivity index (χ2v) is 43.8. The van der Waals surface area contributed by atoms with Crippen LogP contribution in [0.3, 0.4) is 0 Å². The molecule has 0 amide bonds. The van der Waals surface area contributed by atoms with E-state index in [2.05, 4.69) is 456 Å². The molecule has 0 bridgehead atoms. The SMILES string of the molecule is c1ccc([Si](c2ccccc2)(c2ccc(-c3nc(-n4c5ccccc5n5c6ccccc6nc45)nc(-n4c5ccccc5n5c6ccc(-c7ccc8c(c7)c7ccccc7n8-c7nc(-c8ccc(S(c9ccccc9)(c9ccccc9)c9cccc%10c9sc9ccccc9%10)cc8)nc(-n8c9ccccc9n9c%10ccccc%10nc89)n7)cc6nc45)n3)cc2)c2cccc3c2sc2ccccc23)cc1. The minimum Gasteiger partial charge on any atom is -0.278 e. The highest BCUT2D eigenvalue weighted by molar-refractivity contribution is 8.34. The van der Waals surface area contributed by atoms with E-state index < -0.39 is 18.1 Å². The van der Waals surface area contributed by atoms with Crippen molar-refractivity contribution in [1.29, 1.82) is 0 Å². The molecule has 642 valence electrons. The second-order valence-electron chi connectivity index (χ2n) is 34.8. The summed E-state index contributed by atoms with van der Waals surface area (Å²) < 4.78 is 20.3. The summed E-state index contributed by atoms with van der Waals surface area (Å²) in [6.07, 6.45) is 0. The fraction of sp³-hybridized carbons (Fsp3) is 0. The van der Waals surface area contributed by atoms with Crippen LogP contribution in [0.4, 0.5) is 0 Å². The number of nitrogens with zero attached hydrogens (tertiary/aromatic N) is 16. The smallest absolute Gasteiger partial charge is 0.242 e. The van der Waals surface area contributed by atoms with Crippen LogP contribution in [0.15, 0.2) is 456 Å². The summed E-state index contributed by atoms with van der Waals surface area (Å²) in [5.41, 5.74) is 16.4. The van der Waals surface area contributed by atoms with Gasteiger partial charge in [-0.3, -0.25) is 17.8 Å². The van der Waals surface area contributed by atoms with E-state index in [1.165, 1.54) is 80.7 Å². The van der Waals surface area contributed by atoms with Crippen molar-refractivity contribution in [2.45, 2.75) is 19.6 Å². The average Bonchev–Trinajstić information content (AvgIpc) is 1.67. The number of imidazole rings is 6. The number of para-hydroxylation sites is 11. The van der Waals surface area contributed by atoms with E-state index in [9.17, 15) is 0 Å². The molecule has 0 fully saturated rings. The Morgan fingerprint density at radius 1 is 0.212 bits per heavy atom. The predicted octanol–water partition coefficient (Wildman–Crippen LogP) is 25.8. The molecule has 0 N–H and O–H groups in total. The highest BCUT2D eigenvalue weighted by Gasteiger charge is 2.44. The molecule has 16 nitrogen and oxygen atoms in total. The summed E-state index contributed by atoms with van der Waals surface area (Å²) in [5, 5.41) is 12.3. The van der Waals surface area contributed by atoms with Crippen molar-refractivity contribution in [3.8, 4) is 57.7 Å². The van der Waals surface area contributed by atoms with Gasteiger partial charge in [0.05, 0.1) is 77.2 Å². The van der Waals surface area contributed by atoms with Gasteiger partial charge in [0.15, 0.2) is 19.7 Å². The maximum atomic E-state index is 5.72. The Kier molecular flexibility index (Phi) is 16.9. The summed E-state index contributed by atoms with van der Waals surface area (Å²) in [5.74, 6) is 4.66. The van der Waals surface area contributed by atoms with E-state index >= 15 is 0 Å². The van der Waals surface area contributed by atoms with E-state index in [-0.39, 0.29) is 0 Å². The summed E-state index contributed by atoms with van der Waals surface area (Å²) in [7, 11) is -5.31. The van der Waals surface area contributed by atoms with E-state index in [0.717, 1.165) is 110 Å². The van der Waals surface area contributed by atoms with Gasteiger partial charge in [0.1, 0.15) is 0 Å². The third-order valence-corrected chi connectivity index (χ3v) is 39.1. The number of aromatic nitrogens is 16. The fourth-order valence-electron chi connectivity index (χ4n) is 21.7. The first-order chi connectivity index (χ1) is 67.9. The molecule has 0 atom stereocenters. The van der Waals surface area contributed by atoms with Gasteiger partial charge in [0.2, 0.25) is 41.1 Å². The highest BCUT2D eigenvalue weighted by atomic mass is 32.3. The van der Waals surface area contributed by atoms with Gasteiger partial charge < -0.3 is 0 Å². The van der Waals surface area contributed by atoms with Gasteiger partial charge >= 0.3 is 0 Å². The third-order valence-electron chi connectivity index (χ3n) is 27.6. The molecule has 18 aromatic carbocycles. The van der Waals surface area contributed by atoms with E-state index in [4.69, 9.17) is 44.9 Å². The maximum Gasteiger partial charge on any atom is 0.242 e. The molecular weight excluding hydrogens is 1750 g/mol. The monoisotopic (exact) mass is 1820 g/mol. The van der Waals surface area contributed by atoms with Crippen LogP contribution in [0.1, 0.15) is 0 Å². The minimum absolute atomic E-state index is 0.390. The molecule has 0 saturated carbocycles. The predicted molar refractivity (Wildman–Crippen MR) is 563 cm³/mol. The molecule has 0 unspecified atom stereocenters. The van der Waals surface area contributed by atoms with E-state index in [1.807, 2.05) is 34.8 Å². The van der Waals surface area contributed by atoms with Crippen LogP contribution in [0.25, 0.3) is 203 Å². The third kappa shape index (κ3) is 11.4. The number of hydrogen-bond donors (Lipinski definition) is 0. The maximum absolute atomic E-state index is 5.72. The molecule has 0 aliphatic rings. The van der Waals surface area contributed by atoms with Crippen LogP contribution in [-0.4, -0.2) is 84.4 Å². The number of benzene rings is 18. The standard InChI is InChI=1S/C117H72N16S3Si/c1-5-31-77(32-6-1)136(78-33-7-2-8-34-78,105-57-29-42-86-84-40-14-27-55-103(84)134-107(86)105)79-65-59-73(60-66-79)109-121-111(125-112(122-109)131-100-52-24-21-49-97(100)128-94-47-19-16-44-89(94)118-115(128)131)127-92-46-18-13-39-83(92)88-71-75(63-69-93(88)127)76-64-70-96-91(72-76)120-117-130(96)99-51-23-26-54-102(99)133(117)114-124-110(123-113(126-114)132-101-53-25-22-50-98(101)129-95-48-20-17-45-90(95)119-116(129)132)74-61-67-82(68-62-74)137(80-35-9-3-10-36-80,81-37-11-4-12-38-81)106-58-30-43-87-85-41-15-28-56-104(85)135-108(87)106/h1-72H. The molecule has 0 aliphatic carbocycles. The van der Waals surface area contributed by atoms with Gasteiger partial charge in [-0.15, -0.1) is 32.7 Å². The van der Waals surface area contributed by atoms with Crippen molar-refractivity contribution in [3.63, 3.8) is 0 Å². The van der Waals surface area contributed by atoms with Crippen LogP contribution >= 0.6 is 32.7 Å². The first-order valence-electron chi connectivity index (χ1n) is 45.7.